The minimum Gasteiger partial charge on any atom is -0.434 e. The van der Waals surface area contributed by atoms with Crippen LogP contribution < -0.4 is 9.47 Å². The average molecular weight is 417 g/mol. The first-order chi connectivity index (χ1) is 13.9. The van der Waals surface area contributed by atoms with Gasteiger partial charge in [-0.15, -0.1) is 10.2 Å². The lowest BCUT2D eigenvalue weighted by atomic mass is 10.1. The van der Waals surface area contributed by atoms with Crippen molar-refractivity contribution in [1.82, 2.24) is 10.2 Å². The zero-order chi connectivity index (χ0) is 20.5. The van der Waals surface area contributed by atoms with E-state index < -0.39 is 17.6 Å². The number of hydrogen-bond acceptors (Lipinski definition) is 5. The quantitative estimate of drug-likeness (QED) is 0.506. The molecule has 0 N–H and O–H groups in total. The molecule has 0 amide bonds. The van der Waals surface area contributed by atoms with Gasteiger partial charge in [0.05, 0.1) is 5.56 Å². The lowest BCUT2D eigenvalue weighted by Crippen LogP contribution is -2.11. The molecule has 1 aliphatic rings. The molecular formula is C21H15ClF2N2O3. The largest absolute Gasteiger partial charge is 0.434 e. The molecule has 0 radical (unpaired) electrons. The van der Waals surface area contributed by atoms with Crippen LogP contribution in [0.5, 0.6) is 17.4 Å². The number of carbonyl (C=O) groups is 1. The molecule has 3 aromatic rings. The Morgan fingerprint density at radius 1 is 1.10 bits per heavy atom. The van der Waals surface area contributed by atoms with Gasteiger partial charge >= 0.3 is 5.97 Å². The van der Waals surface area contributed by atoms with Crippen LogP contribution in [0.15, 0.2) is 42.5 Å². The molecule has 4 rings (SSSR count). The first-order valence-corrected chi connectivity index (χ1v) is 9.28. The summed E-state index contributed by atoms with van der Waals surface area (Å²) < 4.78 is 37.8. The normalized spacial score (nSPS) is 13.2. The highest BCUT2D eigenvalue weighted by atomic mass is 35.5. The van der Waals surface area contributed by atoms with Gasteiger partial charge in [-0.25, -0.2) is 13.6 Å². The van der Waals surface area contributed by atoms with Gasteiger partial charge in [0.15, 0.2) is 22.5 Å². The highest BCUT2D eigenvalue weighted by Crippen LogP contribution is 2.46. The van der Waals surface area contributed by atoms with Crippen LogP contribution in [0, 0.1) is 18.6 Å². The molecule has 1 saturated carbocycles. The van der Waals surface area contributed by atoms with Crippen LogP contribution in [0.25, 0.3) is 0 Å². The van der Waals surface area contributed by atoms with Crippen molar-refractivity contribution in [2.75, 3.05) is 0 Å². The predicted octanol–water partition coefficient (Wildman–Crippen LogP) is 5.61. The summed E-state index contributed by atoms with van der Waals surface area (Å²) in [4.78, 5) is 12.4. The van der Waals surface area contributed by atoms with Crippen LogP contribution in [-0.4, -0.2) is 16.2 Å². The number of ether oxygens (including phenoxy) is 2. The number of benzene rings is 2. The fourth-order valence-electron chi connectivity index (χ4n) is 2.89. The molecule has 1 fully saturated rings. The second-order valence-electron chi connectivity index (χ2n) is 6.72. The number of rotatable bonds is 5. The van der Waals surface area contributed by atoms with Crippen LogP contribution in [0.3, 0.4) is 0 Å². The summed E-state index contributed by atoms with van der Waals surface area (Å²) in [5.41, 5.74) is 1.76. The fraction of sp³-hybridized carbons (Fsp3) is 0.190. The van der Waals surface area contributed by atoms with Crippen molar-refractivity contribution >= 4 is 17.6 Å². The van der Waals surface area contributed by atoms with Crippen molar-refractivity contribution in [3.63, 3.8) is 0 Å². The van der Waals surface area contributed by atoms with Crippen LogP contribution in [-0.2, 0) is 0 Å². The van der Waals surface area contributed by atoms with E-state index in [-0.39, 0.29) is 22.3 Å². The minimum absolute atomic E-state index is 0.0161. The van der Waals surface area contributed by atoms with E-state index in [1.54, 1.807) is 0 Å². The molecule has 8 heteroatoms. The molecule has 1 aliphatic carbocycles. The number of hydrogen-bond donors (Lipinski definition) is 0. The highest BCUT2D eigenvalue weighted by Gasteiger charge is 2.28. The van der Waals surface area contributed by atoms with Gasteiger partial charge in [-0.1, -0.05) is 29.8 Å². The van der Waals surface area contributed by atoms with Gasteiger partial charge in [0.2, 0.25) is 0 Å². The van der Waals surface area contributed by atoms with Gasteiger partial charge in [-0.2, -0.15) is 0 Å². The lowest BCUT2D eigenvalue weighted by Gasteiger charge is -2.15. The maximum Gasteiger partial charge on any atom is 0.343 e. The van der Waals surface area contributed by atoms with Crippen molar-refractivity contribution in [2.24, 2.45) is 0 Å². The summed E-state index contributed by atoms with van der Waals surface area (Å²) >= 11 is 5.89. The van der Waals surface area contributed by atoms with Gasteiger partial charge in [-0.3, -0.25) is 0 Å². The third kappa shape index (κ3) is 4.19. The highest BCUT2D eigenvalue weighted by molar-refractivity contribution is 6.29. The Bertz CT molecular complexity index is 1100. The van der Waals surface area contributed by atoms with E-state index in [0.29, 0.717) is 11.7 Å². The van der Waals surface area contributed by atoms with E-state index in [4.69, 9.17) is 21.1 Å². The van der Waals surface area contributed by atoms with Crippen molar-refractivity contribution in [2.45, 2.75) is 25.7 Å². The van der Waals surface area contributed by atoms with Crippen LogP contribution in [0.1, 0.15) is 40.2 Å². The maximum absolute atomic E-state index is 13.4. The standard InChI is InChI=1S/C21H15ClF2N2O3/c1-11-3-2-4-14(12-5-6-12)19(11)29-20-17(10-18(22)25-26-20)28-21(27)13-7-8-15(23)16(24)9-13/h2-4,7-10,12H,5-6H2,1H3. The molecule has 2 aromatic carbocycles. The smallest absolute Gasteiger partial charge is 0.343 e. The van der Waals surface area contributed by atoms with Crippen LogP contribution in [0.2, 0.25) is 5.15 Å². The average Bonchev–Trinajstić information content (AvgIpc) is 3.52. The number of esters is 1. The van der Waals surface area contributed by atoms with Crippen molar-refractivity contribution in [3.05, 3.63) is 75.9 Å². The van der Waals surface area contributed by atoms with Crippen molar-refractivity contribution in [1.29, 1.82) is 0 Å². The van der Waals surface area contributed by atoms with Gasteiger partial charge < -0.3 is 9.47 Å². The van der Waals surface area contributed by atoms with E-state index in [9.17, 15) is 13.6 Å². The van der Waals surface area contributed by atoms with Gasteiger partial charge in [-0.05, 0) is 55.0 Å². The first kappa shape index (κ1) is 19.3. The minimum atomic E-state index is -1.16. The zero-order valence-corrected chi connectivity index (χ0v) is 16.0. The number of nitrogens with zero attached hydrogens (tertiary/aromatic N) is 2. The first-order valence-electron chi connectivity index (χ1n) is 8.90. The van der Waals surface area contributed by atoms with Crippen molar-refractivity contribution in [3.8, 4) is 17.4 Å². The molecule has 148 valence electrons. The molecule has 0 aliphatic heterocycles. The number of aromatic nitrogens is 2. The maximum atomic E-state index is 13.4. The fourth-order valence-corrected chi connectivity index (χ4v) is 3.03. The predicted molar refractivity (Wildman–Crippen MR) is 102 cm³/mol. The third-order valence-corrected chi connectivity index (χ3v) is 4.70. The Morgan fingerprint density at radius 2 is 1.90 bits per heavy atom. The molecule has 0 spiro atoms. The topological polar surface area (TPSA) is 61.3 Å². The second-order valence-corrected chi connectivity index (χ2v) is 7.11. The Hall–Kier alpha value is -3.06. The van der Waals surface area contributed by atoms with E-state index in [1.807, 2.05) is 25.1 Å². The van der Waals surface area contributed by atoms with E-state index in [1.165, 1.54) is 6.07 Å². The number of halogens is 3. The Balaban J connectivity index is 1.65. The Morgan fingerprint density at radius 3 is 2.62 bits per heavy atom. The molecule has 1 heterocycles. The summed E-state index contributed by atoms with van der Waals surface area (Å²) in [6.45, 7) is 1.90. The monoisotopic (exact) mass is 416 g/mol. The molecule has 0 bridgehead atoms. The van der Waals surface area contributed by atoms with Crippen molar-refractivity contribution < 1.29 is 23.0 Å². The van der Waals surface area contributed by atoms with E-state index >= 15 is 0 Å². The summed E-state index contributed by atoms with van der Waals surface area (Å²) in [6.07, 6.45) is 2.15. The number of para-hydroxylation sites is 1. The SMILES string of the molecule is Cc1cccc(C2CC2)c1Oc1nnc(Cl)cc1OC(=O)c1ccc(F)c(F)c1. The van der Waals surface area contributed by atoms with Gasteiger partial charge in [0, 0.05) is 6.07 Å². The van der Waals surface area contributed by atoms with E-state index in [2.05, 4.69) is 10.2 Å². The summed E-state index contributed by atoms with van der Waals surface area (Å²) in [5.74, 6) is -2.23. The summed E-state index contributed by atoms with van der Waals surface area (Å²) in [5, 5.41) is 7.63. The Kier molecular flexibility index (Phi) is 5.15. The lowest BCUT2D eigenvalue weighted by molar-refractivity contribution is 0.0728. The summed E-state index contributed by atoms with van der Waals surface area (Å²) in [6, 6.07) is 9.82. The van der Waals surface area contributed by atoms with Crippen LogP contribution >= 0.6 is 11.6 Å². The molecule has 29 heavy (non-hydrogen) atoms. The van der Waals surface area contributed by atoms with Gasteiger partial charge in [0.1, 0.15) is 5.75 Å². The van der Waals surface area contributed by atoms with Crippen LogP contribution in [0.4, 0.5) is 8.78 Å². The molecule has 0 atom stereocenters. The molecule has 0 unspecified atom stereocenters. The molecule has 1 aromatic heterocycles. The van der Waals surface area contributed by atoms with E-state index in [0.717, 1.165) is 42.2 Å². The second kappa shape index (κ2) is 7.75. The third-order valence-electron chi connectivity index (χ3n) is 4.51. The number of carbonyl (C=O) groups excluding carboxylic acids is 1. The zero-order valence-electron chi connectivity index (χ0n) is 15.3. The Labute approximate surface area is 170 Å². The summed E-state index contributed by atoms with van der Waals surface area (Å²) in [7, 11) is 0. The molecule has 5 nitrogen and oxygen atoms in total. The molecule has 0 saturated heterocycles. The number of aryl methyl sites for hydroxylation is 1. The van der Waals surface area contributed by atoms with Gasteiger partial charge in [0.25, 0.3) is 5.88 Å². The molecular weight excluding hydrogens is 402 g/mol.